The predicted molar refractivity (Wildman–Crippen MR) is 76.1 cm³/mol. The molecule has 0 aliphatic carbocycles. The molecule has 5 heteroatoms. The third-order valence-electron chi connectivity index (χ3n) is 3.13. The Hall–Kier alpha value is -2.17. The number of aromatic nitrogens is 2. The molecule has 1 aromatic heterocycles. The minimum atomic E-state index is -0.357. The first-order chi connectivity index (χ1) is 9.45. The van der Waals surface area contributed by atoms with Crippen molar-refractivity contribution in [3.8, 4) is 0 Å². The number of rotatable bonds is 4. The monoisotopic (exact) mass is 275 g/mol. The number of aryl methyl sites for hydroxylation is 4. The summed E-state index contributed by atoms with van der Waals surface area (Å²) >= 11 is 0. The van der Waals surface area contributed by atoms with Crippen molar-refractivity contribution < 1.29 is 9.18 Å². The number of carbonyl (C=O) groups is 1. The molecule has 0 saturated carbocycles. The van der Waals surface area contributed by atoms with Crippen molar-refractivity contribution in [1.29, 1.82) is 0 Å². The summed E-state index contributed by atoms with van der Waals surface area (Å²) < 4.78 is 14.9. The van der Waals surface area contributed by atoms with Crippen LogP contribution in [0.25, 0.3) is 0 Å². The molecule has 2 rings (SSSR count). The first kappa shape index (κ1) is 14.2. The van der Waals surface area contributed by atoms with Gasteiger partial charge in [0.15, 0.2) is 0 Å². The third kappa shape index (κ3) is 3.44. The molecule has 106 valence electrons. The SMILES string of the molecule is Cc1cc(C)n(CCC(=O)Nc2cc(F)ccc2C)n1. The van der Waals surface area contributed by atoms with Crippen LogP contribution >= 0.6 is 0 Å². The van der Waals surface area contributed by atoms with E-state index in [4.69, 9.17) is 0 Å². The molecule has 1 aromatic carbocycles. The molecule has 20 heavy (non-hydrogen) atoms. The number of nitrogens with zero attached hydrogens (tertiary/aromatic N) is 2. The number of halogens is 1. The molecule has 0 aliphatic rings. The van der Waals surface area contributed by atoms with Gasteiger partial charge < -0.3 is 5.32 Å². The number of carbonyl (C=O) groups excluding carboxylic acids is 1. The van der Waals surface area contributed by atoms with Crippen LogP contribution in [0.15, 0.2) is 24.3 Å². The van der Waals surface area contributed by atoms with Crippen molar-refractivity contribution in [1.82, 2.24) is 9.78 Å². The Kier molecular flexibility index (Phi) is 4.17. The summed E-state index contributed by atoms with van der Waals surface area (Å²) in [6, 6.07) is 6.32. The maximum absolute atomic E-state index is 13.1. The minimum Gasteiger partial charge on any atom is -0.326 e. The molecule has 0 spiro atoms. The molecular formula is C15H18FN3O. The van der Waals surface area contributed by atoms with Gasteiger partial charge in [-0.1, -0.05) is 6.07 Å². The highest BCUT2D eigenvalue weighted by Gasteiger charge is 2.08. The number of hydrogen-bond donors (Lipinski definition) is 1. The molecule has 1 N–H and O–H groups in total. The fraction of sp³-hybridized carbons (Fsp3) is 0.333. The number of nitrogens with one attached hydrogen (secondary N) is 1. The van der Waals surface area contributed by atoms with Crippen molar-refractivity contribution in [2.45, 2.75) is 33.7 Å². The second-order valence-corrected chi connectivity index (χ2v) is 4.91. The number of benzene rings is 1. The number of hydrogen-bond acceptors (Lipinski definition) is 2. The smallest absolute Gasteiger partial charge is 0.226 e. The second-order valence-electron chi connectivity index (χ2n) is 4.91. The lowest BCUT2D eigenvalue weighted by Crippen LogP contribution is -2.16. The van der Waals surface area contributed by atoms with E-state index in [-0.39, 0.29) is 11.7 Å². The lowest BCUT2D eigenvalue weighted by molar-refractivity contribution is -0.116. The van der Waals surface area contributed by atoms with Gasteiger partial charge in [0.05, 0.1) is 5.69 Å². The zero-order valence-electron chi connectivity index (χ0n) is 11.9. The van der Waals surface area contributed by atoms with Gasteiger partial charge in [-0.15, -0.1) is 0 Å². The van der Waals surface area contributed by atoms with E-state index in [2.05, 4.69) is 10.4 Å². The van der Waals surface area contributed by atoms with E-state index >= 15 is 0 Å². The van der Waals surface area contributed by atoms with Crippen LogP contribution in [0.3, 0.4) is 0 Å². The molecule has 0 bridgehead atoms. The predicted octanol–water partition coefficient (Wildman–Crippen LogP) is 2.98. The van der Waals surface area contributed by atoms with Gasteiger partial charge in [-0.3, -0.25) is 9.48 Å². The summed E-state index contributed by atoms with van der Waals surface area (Å²) in [7, 11) is 0. The molecule has 4 nitrogen and oxygen atoms in total. The Morgan fingerprint density at radius 2 is 2.05 bits per heavy atom. The highest BCUT2D eigenvalue weighted by Crippen LogP contribution is 2.16. The lowest BCUT2D eigenvalue weighted by atomic mass is 10.2. The van der Waals surface area contributed by atoms with Crippen molar-refractivity contribution in [3.05, 3.63) is 47.0 Å². The largest absolute Gasteiger partial charge is 0.326 e. The van der Waals surface area contributed by atoms with Gasteiger partial charge >= 0.3 is 0 Å². The van der Waals surface area contributed by atoms with Crippen LogP contribution in [0, 0.1) is 26.6 Å². The summed E-state index contributed by atoms with van der Waals surface area (Å²) in [4.78, 5) is 11.9. The Morgan fingerprint density at radius 1 is 1.30 bits per heavy atom. The molecular weight excluding hydrogens is 257 g/mol. The van der Waals surface area contributed by atoms with Crippen molar-refractivity contribution in [2.24, 2.45) is 0 Å². The third-order valence-corrected chi connectivity index (χ3v) is 3.13. The Bertz CT molecular complexity index is 634. The van der Waals surface area contributed by atoms with Crippen LogP contribution in [0.5, 0.6) is 0 Å². The van der Waals surface area contributed by atoms with Crippen molar-refractivity contribution in [2.75, 3.05) is 5.32 Å². The maximum atomic E-state index is 13.1. The molecule has 0 aliphatic heterocycles. The molecule has 1 heterocycles. The molecule has 0 unspecified atom stereocenters. The van der Waals surface area contributed by atoms with Gasteiger partial charge in [-0.2, -0.15) is 5.10 Å². The zero-order chi connectivity index (χ0) is 14.7. The summed E-state index contributed by atoms with van der Waals surface area (Å²) in [5, 5.41) is 7.03. The van der Waals surface area contributed by atoms with Crippen LogP contribution in [0.2, 0.25) is 0 Å². The summed E-state index contributed by atoms with van der Waals surface area (Å²) in [5.41, 5.74) is 3.32. The van der Waals surface area contributed by atoms with Crippen LogP contribution in [-0.2, 0) is 11.3 Å². The van der Waals surface area contributed by atoms with E-state index in [1.54, 1.807) is 10.7 Å². The van der Waals surface area contributed by atoms with E-state index in [9.17, 15) is 9.18 Å². The van der Waals surface area contributed by atoms with E-state index in [1.165, 1.54) is 12.1 Å². The fourth-order valence-electron chi connectivity index (χ4n) is 2.05. The molecule has 0 radical (unpaired) electrons. The number of amides is 1. The maximum Gasteiger partial charge on any atom is 0.226 e. The standard InChI is InChI=1S/C15H18FN3O/c1-10-4-5-13(16)9-14(10)17-15(20)6-7-19-12(3)8-11(2)18-19/h4-5,8-9H,6-7H2,1-3H3,(H,17,20). The summed E-state index contributed by atoms with van der Waals surface area (Å²) in [6.07, 6.45) is 0.303. The molecule has 1 amide bonds. The summed E-state index contributed by atoms with van der Waals surface area (Å²) in [5.74, 6) is -0.504. The van der Waals surface area contributed by atoms with Gasteiger partial charge in [0.1, 0.15) is 5.82 Å². The Morgan fingerprint density at radius 3 is 2.70 bits per heavy atom. The van der Waals surface area contributed by atoms with Gasteiger partial charge in [-0.25, -0.2) is 4.39 Å². The highest BCUT2D eigenvalue weighted by molar-refractivity contribution is 5.91. The quantitative estimate of drug-likeness (QED) is 0.932. The van der Waals surface area contributed by atoms with Crippen LogP contribution < -0.4 is 5.32 Å². The van der Waals surface area contributed by atoms with Crippen LogP contribution in [0.1, 0.15) is 23.4 Å². The van der Waals surface area contributed by atoms with Gasteiger partial charge in [0, 0.05) is 24.3 Å². The van der Waals surface area contributed by atoms with Gasteiger partial charge in [0.25, 0.3) is 0 Å². The second kappa shape index (κ2) is 5.86. The van der Waals surface area contributed by atoms with Gasteiger partial charge in [-0.05, 0) is 44.5 Å². The van der Waals surface area contributed by atoms with E-state index in [1.807, 2.05) is 26.8 Å². The minimum absolute atomic E-state index is 0.147. The van der Waals surface area contributed by atoms with Crippen LogP contribution in [0.4, 0.5) is 10.1 Å². The summed E-state index contributed by atoms with van der Waals surface area (Å²) in [6.45, 7) is 6.21. The van der Waals surface area contributed by atoms with Crippen molar-refractivity contribution in [3.63, 3.8) is 0 Å². The topological polar surface area (TPSA) is 46.9 Å². The van der Waals surface area contributed by atoms with E-state index < -0.39 is 0 Å². The zero-order valence-corrected chi connectivity index (χ0v) is 11.9. The van der Waals surface area contributed by atoms with Crippen molar-refractivity contribution >= 4 is 11.6 Å². The normalized spacial score (nSPS) is 10.6. The van der Waals surface area contributed by atoms with Crippen LogP contribution in [-0.4, -0.2) is 15.7 Å². The van der Waals surface area contributed by atoms with E-state index in [0.29, 0.717) is 18.7 Å². The van der Waals surface area contributed by atoms with Gasteiger partial charge in [0.2, 0.25) is 5.91 Å². The van der Waals surface area contributed by atoms with E-state index in [0.717, 1.165) is 17.0 Å². The average molecular weight is 275 g/mol. The molecule has 2 aromatic rings. The highest BCUT2D eigenvalue weighted by atomic mass is 19.1. The fourth-order valence-corrected chi connectivity index (χ4v) is 2.05. The number of anilines is 1. The Balaban J connectivity index is 1.96. The molecule has 0 fully saturated rings. The molecule has 0 atom stereocenters. The first-order valence-electron chi connectivity index (χ1n) is 6.53. The Labute approximate surface area is 117 Å². The molecule has 0 saturated heterocycles. The lowest BCUT2D eigenvalue weighted by Gasteiger charge is -2.09. The first-order valence-corrected chi connectivity index (χ1v) is 6.53. The average Bonchev–Trinajstić information content (AvgIpc) is 2.70.